The summed E-state index contributed by atoms with van der Waals surface area (Å²) < 4.78 is 44.1. The lowest BCUT2D eigenvalue weighted by Crippen LogP contribution is -2.21. The number of anilines is 1. The standard InChI is InChI=1S/C22H20F3NO3/c23-22(24,25)15-5-7-17-14(8-9-29-20(17)11-15)10-21(28)26-19-3-1-2-13-4-6-16(27)12-18(13)19/h1-3,5,7,10-11,16,27H,4,6,8-9,12H2,(H,26,28)/t16-/m1/s1. The van der Waals surface area contributed by atoms with E-state index in [-0.39, 0.29) is 18.3 Å². The number of carbonyl (C=O) groups excluding carboxylic acids is 1. The second-order valence-electron chi connectivity index (χ2n) is 7.31. The third-order valence-electron chi connectivity index (χ3n) is 5.31. The summed E-state index contributed by atoms with van der Waals surface area (Å²) in [6, 6.07) is 8.95. The molecule has 4 nitrogen and oxygen atoms in total. The molecule has 0 aromatic heterocycles. The highest BCUT2D eigenvalue weighted by Crippen LogP contribution is 2.38. The van der Waals surface area contributed by atoms with Crippen LogP contribution in [0, 0.1) is 0 Å². The maximum absolute atomic E-state index is 12.9. The molecule has 0 saturated heterocycles. The molecule has 2 aliphatic rings. The number of aliphatic hydroxyl groups is 1. The summed E-state index contributed by atoms with van der Waals surface area (Å²) in [4.78, 5) is 12.6. The van der Waals surface area contributed by atoms with Crippen molar-refractivity contribution < 1.29 is 27.8 Å². The number of hydrogen-bond donors (Lipinski definition) is 2. The Morgan fingerprint density at radius 3 is 2.83 bits per heavy atom. The molecule has 1 heterocycles. The van der Waals surface area contributed by atoms with Gasteiger partial charge < -0.3 is 15.2 Å². The smallest absolute Gasteiger partial charge is 0.416 e. The molecule has 0 unspecified atom stereocenters. The minimum Gasteiger partial charge on any atom is -0.493 e. The van der Waals surface area contributed by atoms with Gasteiger partial charge in [0.05, 0.1) is 18.3 Å². The van der Waals surface area contributed by atoms with Crippen molar-refractivity contribution in [2.24, 2.45) is 0 Å². The molecule has 0 radical (unpaired) electrons. The van der Waals surface area contributed by atoms with E-state index in [9.17, 15) is 23.1 Å². The summed E-state index contributed by atoms with van der Waals surface area (Å²) in [6.45, 7) is 0.209. The van der Waals surface area contributed by atoms with E-state index >= 15 is 0 Å². The topological polar surface area (TPSA) is 58.6 Å². The molecular formula is C22H20F3NO3. The number of ether oxygens (including phenoxy) is 1. The average Bonchev–Trinajstić information content (AvgIpc) is 2.67. The van der Waals surface area contributed by atoms with Crippen molar-refractivity contribution >= 4 is 17.2 Å². The summed E-state index contributed by atoms with van der Waals surface area (Å²) in [5, 5.41) is 12.8. The number of hydrogen-bond acceptors (Lipinski definition) is 3. The van der Waals surface area contributed by atoms with Crippen LogP contribution in [0.25, 0.3) is 5.57 Å². The van der Waals surface area contributed by atoms with Crippen molar-refractivity contribution in [2.45, 2.75) is 38.0 Å². The molecule has 7 heteroatoms. The van der Waals surface area contributed by atoms with Crippen molar-refractivity contribution in [1.29, 1.82) is 0 Å². The first-order valence-electron chi connectivity index (χ1n) is 9.46. The van der Waals surface area contributed by atoms with E-state index in [1.807, 2.05) is 12.1 Å². The molecule has 0 spiro atoms. The Bertz CT molecular complexity index is 982. The molecule has 0 saturated carbocycles. The Labute approximate surface area is 166 Å². The zero-order valence-corrected chi connectivity index (χ0v) is 15.6. The van der Waals surface area contributed by atoms with Gasteiger partial charge in [-0.25, -0.2) is 0 Å². The first-order valence-corrected chi connectivity index (χ1v) is 9.46. The summed E-state index contributed by atoms with van der Waals surface area (Å²) in [6.07, 6.45) is -1.10. The fourth-order valence-corrected chi connectivity index (χ4v) is 3.85. The molecule has 1 amide bonds. The van der Waals surface area contributed by atoms with E-state index in [0.717, 1.165) is 29.7 Å². The van der Waals surface area contributed by atoms with Crippen molar-refractivity contribution in [3.8, 4) is 5.75 Å². The fraction of sp³-hybridized carbons (Fsp3) is 0.318. The third-order valence-corrected chi connectivity index (χ3v) is 5.31. The molecule has 1 aliphatic heterocycles. The maximum atomic E-state index is 12.9. The van der Waals surface area contributed by atoms with Crippen LogP contribution in [0.15, 0.2) is 42.5 Å². The van der Waals surface area contributed by atoms with Gasteiger partial charge in [-0.15, -0.1) is 0 Å². The normalized spacial score (nSPS) is 19.9. The average molecular weight is 403 g/mol. The van der Waals surface area contributed by atoms with Crippen LogP contribution in [0.5, 0.6) is 5.75 Å². The van der Waals surface area contributed by atoms with Gasteiger partial charge in [-0.2, -0.15) is 13.2 Å². The first kappa shape index (κ1) is 19.5. The highest BCUT2D eigenvalue weighted by atomic mass is 19.4. The number of aliphatic hydroxyl groups excluding tert-OH is 1. The van der Waals surface area contributed by atoms with Crippen LogP contribution in [0.3, 0.4) is 0 Å². The number of halogens is 3. The van der Waals surface area contributed by atoms with Crippen molar-refractivity contribution in [2.75, 3.05) is 11.9 Å². The summed E-state index contributed by atoms with van der Waals surface area (Å²) >= 11 is 0. The van der Waals surface area contributed by atoms with Crippen molar-refractivity contribution in [3.63, 3.8) is 0 Å². The van der Waals surface area contributed by atoms with Crippen LogP contribution in [0.1, 0.15) is 35.1 Å². The van der Waals surface area contributed by atoms with E-state index in [1.165, 1.54) is 12.1 Å². The lowest BCUT2D eigenvalue weighted by molar-refractivity contribution is -0.137. The minimum absolute atomic E-state index is 0.130. The molecular weight excluding hydrogens is 383 g/mol. The second-order valence-corrected chi connectivity index (χ2v) is 7.31. The number of alkyl halides is 3. The van der Waals surface area contributed by atoms with Gasteiger partial charge in [0.1, 0.15) is 5.75 Å². The number of amides is 1. The second kappa shape index (κ2) is 7.55. The number of nitrogens with one attached hydrogen (secondary N) is 1. The van der Waals surface area contributed by atoms with Gasteiger partial charge in [0, 0.05) is 30.2 Å². The molecule has 2 aromatic carbocycles. The largest absolute Gasteiger partial charge is 0.493 e. The van der Waals surface area contributed by atoms with Crippen LogP contribution < -0.4 is 10.1 Å². The summed E-state index contributed by atoms with van der Waals surface area (Å²) in [5.74, 6) is -0.230. The van der Waals surface area contributed by atoms with Gasteiger partial charge in [-0.1, -0.05) is 18.2 Å². The molecule has 1 aliphatic carbocycles. The van der Waals surface area contributed by atoms with Crippen LogP contribution in [-0.2, 0) is 23.8 Å². The van der Waals surface area contributed by atoms with Gasteiger partial charge in [0.15, 0.2) is 0 Å². The Morgan fingerprint density at radius 1 is 1.21 bits per heavy atom. The monoisotopic (exact) mass is 403 g/mol. The fourth-order valence-electron chi connectivity index (χ4n) is 3.85. The predicted molar refractivity (Wildman–Crippen MR) is 103 cm³/mol. The molecule has 4 rings (SSSR count). The van der Waals surface area contributed by atoms with Crippen LogP contribution in [0.4, 0.5) is 18.9 Å². The number of fused-ring (bicyclic) bond motifs is 2. The first-order chi connectivity index (χ1) is 13.8. The van der Waals surface area contributed by atoms with E-state index in [1.54, 1.807) is 6.07 Å². The number of rotatable bonds is 2. The highest BCUT2D eigenvalue weighted by molar-refractivity contribution is 6.05. The quantitative estimate of drug-likeness (QED) is 0.733. The van der Waals surface area contributed by atoms with Crippen molar-refractivity contribution in [1.82, 2.24) is 0 Å². The lowest BCUT2D eigenvalue weighted by Gasteiger charge is -2.23. The Hall–Kier alpha value is -2.80. The molecule has 0 bridgehead atoms. The SMILES string of the molecule is O=C(C=C1CCOc2cc(C(F)(F)F)ccc21)Nc1cccc2c1C[C@H](O)CC2. The van der Waals surface area contributed by atoms with Gasteiger partial charge >= 0.3 is 6.18 Å². The van der Waals surface area contributed by atoms with Gasteiger partial charge in [0.2, 0.25) is 5.91 Å². The molecule has 2 N–H and O–H groups in total. The molecule has 1 atom stereocenters. The Balaban J connectivity index is 1.58. The van der Waals surface area contributed by atoms with Gasteiger partial charge in [-0.05, 0) is 47.7 Å². The maximum Gasteiger partial charge on any atom is 0.416 e. The number of aryl methyl sites for hydroxylation is 1. The summed E-state index contributed by atoms with van der Waals surface area (Å²) in [5.41, 5.74) is 3.03. The van der Waals surface area contributed by atoms with Gasteiger partial charge in [-0.3, -0.25) is 4.79 Å². The van der Waals surface area contributed by atoms with E-state index < -0.39 is 17.8 Å². The predicted octanol–water partition coefficient (Wildman–Crippen LogP) is 4.36. The highest BCUT2D eigenvalue weighted by Gasteiger charge is 2.32. The van der Waals surface area contributed by atoms with Crippen LogP contribution in [0.2, 0.25) is 0 Å². The van der Waals surface area contributed by atoms with Crippen LogP contribution in [-0.4, -0.2) is 23.7 Å². The zero-order valence-electron chi connectivity index (χ0n) is 15.6. The van der Waals surface area contributed by atoms with E-state index in [4.69, 9.17) is 4.74 Å². The molecule has 29 heavy (non-hydrogen) atoms. The van der Waals surface area contributed by atoms with Crippen molar-refractivity contribution in [3.05, 3.63) is 64.7 Å². The number of carbonyl (C=O) groups is 1. The third kappa shape index (κ3) is 4.15. The Morgan fingerprint density at radius 2 is 2.03 bits per heavy atom. The Kier molecular flexibility index (Phi) is 5.08. The zero-order chi connectivity index (χ0) is 20.6. The number of benzene rings is 2. The van der Waals surface area contributed by atoms with Gasteiger partial charge in [0.25, 0.3) is 0 Å². The molecule has 2 aromatic rings. The van der Waals surface area contributed by atoms with Crippen LogP contribution >= 0.6 is 0 Å². The van der Waals surface area contributed by atoms with E-state index in [2.05, 4.69) is 5.32 Å². The molecule has 152 valence electrons. The molecule has 0 fully saturated rings. The summed E-state index contributed by atoms with van der Waals surface area (Å²) in [7, 11) is 0. The lowest BCUT2D eigenvalue weighted by atomic mass is 9.88. The van der Waals surface area contributed by atoms with E-state index in [0.29, 0.717) is 36.1 Å². The minimum atomic E-state index is -4.45.